The Labute approximate surface area is 212 Å². The molecule has 6 heteroatoms. The number of hydrogen-bond donors (Lipinski definition) is 3. The number of halogens is 2. The number of rotatable bonds is 10. The molecule has 0 heterocycles. The Balaban J connectivity index is 1.74. The van der Waals surface area contributed by atoms with E-state index in [1.165, 1.54) is 24.6 Å². The molecule has 0 saturated carbocycles. The molecule has 0 fully saturated rings. The zero-order valence-electron chi connectivity index (χ0n) is 21.4. The fourth-order valence-electron chi connectivity index (χ4n) is 4.44. The van der Waals surface area contributed by atoms with Gasteiger partial charge in [-0.2, -0.15) is 0 Å². The van der Waals surface area contributed by atoms with Crippen LogP contribution in [0.15, 0.2) is 66.7 Å². The molecule has 0 aromatic heterocycles. The first-order chi connectivity index (χ1) is 17.0. The molecule has 3 aromatic carbocycles. The van der Waals surface area contributed by atoms with Crippen molar-refractivity contribution in [2.75, 3.05) is 6.54 Å². The smallest absolute Gasteiger partial charge is 0.217 e. The van der Waals surface area contributed by atoms with E-state index in [9.17, 15) is 18.7 Å². The molecule has 0 aliphatic rings. The normalized spacial score (nSPS) is 13.3. The number of aliphatic hydroxyl groups is 1. The van der Waals surface area contributed by atoms with Crippen LogP contribution in [-0.2, 0) is 24.2 Å². The maximum Gasteiger partial charge on any atom is 0.217 e. The quantitative estimate of drug-likeness (QED) is 0.353. The summed E-state index contributed by atoms with van der Waals surface area (Å²) in [4.78, 5) is 11.7. The molecule has 0 spiro atoms. The first-order valence-electron chi connectivity index (χ1n) is 12.3. The van der Waals surface area contributed by atoms with Crippen molar-refractivity contribution in [1.29, 1.82) is 0 Å². The summed E-state index contributed by atoms with van der Waals surface area (Å²) in [5.41, 5.74) is 5.09. The van der Waals surface area contributed by atoms with E-state index in [4.69, 9.17) is 0 Å². The number of hydrogen-bond acceptors (Lipinski definition) is 3. The van der Waals surface area contributed by atoms with Crippen molar-refractivity contribution in [3.8, 4) is 11.1 Å². The molecule has 0 aliphatic heterocycles. The minimum Gasteiger partial charge on any atom is -0.390 e. The van der Waals surface area contributed by atoms with Crippen LogP contribution >= 0.6 is 0 Å². The van der Waals surface area contributed by atoms with Crippen LogP contribution in [-0.4, -0.2) is 29.7 Å². The van der Waals surface area contributed by atoms with Gasteiger partial charge in [-0.3, -0.25) is 4.79 Å². The number of nitrogens with one attached hydrogen (secondary N) is 2. The Kier molecular flexibility index (Phi) is 9.35. The molecule has 3 rings (SSSR count). The molecule has 0 bridgehead atoms. The molecule has 192 valence electrons. The molecule has 36 heavy (non-hydrogen) atoms. The van der Waals surface area contributed by atoms with Crippen LogP contribution in [0.5, 0.6) is 0 Å². The van der Waals surface area contributed by atoms with Crippen molar-refractivity contribution in [3.05, 3.63) is 95.1 Å². The highest BCUT2D eigenvalue weighted by Gasteiger charge is 2.21. The van der Waals surface area contributed by atoms with Crippen LogP contribution in [0.2, 0.25) is 0 Å². The molecule has 0 saturated heterocycles. The highest BCUT2D eigenvalue weighted by molar-refractivity contribution is 5.73. The third-order valence-electron chi connectivity index (χ3n) is 5.89. The van der Waals surface area contributed by atoms with E-state index >= 15 is 0 Å². The summed E-state index contributed by atoms with van der Waals surface area (Å²) < 4.78 is 27.3. The summed E-state index contributed by atoms with van der Waals surface area (Å²) in [5, 5.41) is 16.9. The zero-order chi connectivity index (χ0) is 26.3. The Morgan fingerprint density at radius 3 is 2.22 bits per heavy atom. The molecule has 4 nitrogen and oxygen atoms in total. The second kappa shape index (κ2) is 12.2. The SMILES string of the molecule is CC(=O)N[C@@H](Cc1cc(F)cc(F)c1)[C@H](O)CNCc1cc(CC(C)(C)C)ccc1-c1ccccc1. The zero-order valence-corrected chi connectivity index (χ0v) is 21.4. The van der Waals surface area contributed by atoms with Crippen LogP contribution in [0.4, 0.5) is 8.78 Å². The number of amides is 1. The van der Waals surface area contributed by atoms with Crippen LogP contribution in [0.3, 0.4) is 0 Å². The molecular formula is C30H36F2N2O2. The highest BCUT2D eigenvalue weighted by Crippen LogP contribution is 2.28. The van der Waals surface area contributed by atoms with Crippen LogP contribution in [0, 0.1) is 17.0 Å². The second-order valence-corrected chi connectivity index (χ2v) is 10.6. The van der Waals surface area contributed by atoms with Gasteiger partial charge in [-0.25, -0.2) is 8.78 Å². The average Bonchev–Trinajstić information content (AvgIpc) is 2.77. The van der Waals surface area contributed by atoms with Gasteiger partial charge in [0, 0.05) is 26.1 Å². The lowest BCUT2D eigenvalue weighted by Gasteiger charge is -2.25. The summed E-state index contributed by atoms with van der Waals surface area (Å²) in [6.45, 7) is 8.68. The molecular weight excluding hydrogens is 458 g/mol. The van der Waals surface area contributed by atoms with Crippen molar-refractivity contribution >= 4 is 5.91 Å². The van der Waals surface area contributed by atoms with E-state index in [1.54, 1.807) is 0 Å². The average molecular weight is 495 g/mol. The van der Waals surface area contributed by atoms with E-state index in [2.05, 4.69) is 61.7 Å². The number of carbonyl (C=O) groups is 1. The third kappa shape index (κ3) is 8.54. The van der Waals surface area contributed by atoms with Gasteiger partial charge in [0.15, 0.2) is 0 Å². The number of aliphatic hydroxyl groups excluding tert-OH is 1. The monoisotopic (exact) mass is 494 g/mol. The van der Waals surface area contributed by atoms with Crippen molar-refractivity contribution < 1.29 is 18.7 Å². The van der Waals surface area contributed by atoms with Gasteiger partial charge < -0.3 is 15.7 Å². The molecule has 0 radical (unpaired) electrons. The van der Waals surface area contributed by atoms with Gasteiger partial charge in [0.1, 0.15) is 11.6 Å². The molecule has 3 N–H and O–H groups in total. The number of benzene rings is 3. The Morgan fingerprint density at radius 1 is 0.944 bits per heavy atom. The summed E-state index contributed by atoms with van der Waals surface area (Å²) in [5.74, 6) is -1.71. The van der Waals surface area contributed by atoms with Gasteiger partial charge in [-0.1, -0.05) is 69.3 Å². The highest BCUT2D eigenvalue weighted by atomic mass is 19.1. The van der Waals surface area contributed by atoms with Crippen molar-refractivity contribution in [3.63, 3.8) is 0 Å². The first kappa shape index (κ1) is 27.5. The summed E-state index contributed by atoms with van der Waals surface area (Å²) >= 11 is 0. The van der Waals surface area contributed by atoms with Gasteiger partial charge in [0.25, 0.3) is 0 Å². The third-order valence-corrected chi connectivity index (χ3v) is 5.89. The standard InChI is InChI=1S/C30H36F2N2O2/c1-20(35)34-28(15-22-13-25(31)16-26(32)14-22)29(36)19-33-18-24-12-21(17-30(2,3)4)10-11-27(24)23-8-6-5-7-9-23/h5-14,16,28-29,33,36H,15,17-19H2,1-4H3,(H,34,35)/t28-,29+/m0/s1. The van der Waals surface area contributed by atoms with Gasteiger partial charge in [-0.05, 0) is 58.2 Å². The topological polar surface area (TPSA) is 61.4 Å². The summed E-state index contributed by atoms with van der Waals surface area (Å²) in [7, 11) is 0. The van der Waals surface area contributed by atoms with Gasteiger partial charge in [-0.15, -0.1) is 0 Å². The molecule has 1 amide bonds. The van der Waals surface area contributed by atoms with E-state index in [-0.39, 0.29) is 24.3 Å². The molecule has 0 aliphatic carbocycles. The maximum atomic E-state index is 13.6. The van der Waals surface area contributed by atoms with Crippen molar-refractivity contribution in [1.82, 2.24) is 10.6 Å². The van der Waals surface area contributed by atoms with E-state index in [0.717, 1.165) is 29.2 Å². The van der Waals surface area contributed by atoms with E-state index in [1.807, 2.05) is 18.2 Å². The molecule has 2 atom stereocenters. The Morgan fingerprint density at radius 2 is 1.61 bits per heavy atom. The minimum atomic E-state index is -0.960. The Bertz CT molecular complexity index is 1140. The van der Waals surface area contributed by atoms with Crippen molar-refractivity contribution in [2.45, 2.75) is 59.2 Å². The minimum absolute atomic E-state index is 0.105. The second-order valence-electron chi connectivity index (χ2n) is 10.6. The fourth-order valence-corrected chi connectivity index (χ4v) is 4.44. The van der Waals surface area contributed by atoms with Gasteiger partial charge >= 0.3 is 0 Å². The van der Waals surface area contributed by atoms with Crippen LogP contribution in [0.25, 0.3) is 11.1 Å². The fraction of sp³-hybridized carbons (Fsp3) is 0.367. The lowest BCUT2D eigenvalue weighted by Crippen LogP contribution is -2.48. The maximum absolute atomic E-state index is 13.6. The first-order valence-corrected chi connectivity index (χ1v) is 12.3. The van der Waals surface area contributed by atoms with Gasteiger partial charge in [0.2, 0.25) is 5.91 Å². The summed E-state index contributed by atoms with van der Waals surface area (Å²) in [6, 6.07) is 19.2. The predicted molar refractivity (Wildman–Crippen MR) is 140 cm³/mol. The largest absolute Gasteiger partial charge is 0.390 e. The van der Waals surface area contributed by atoms with E-state index in [0.29, 0.717) is 12.1 Å². The molecule has 3 aromatic rings. The van der Waals surface area contributed by atoms with Crippen molar-refractivity contribution in [2.24, 2.45) is 5.41 Å². The van der Waals surface area contributed by atoms with Crippen LogP contribution in [0.1, 0.15) is 44.4 Å². The summed E-state index contributed by atoms with van der Waals surface area (Å²) in [6.07, 6.45) is 0.0816. The Hall–Kier alpha value is -3.09. The lowest BCUT2D eigenvalue weighted by molar-refractivity contribution is -0.120. The lowest BCUT2D eigenvalue weighted by atomic mass is 9.86. The van der Waals surface area contributed by atoms with Gasteiger partial charge in [0.05, 0.1) is 12.1 Å². The molecule has 0 unspecified atom stereocenters. The number of carbonyl (C=O) groups excluding carboxylic acids is 1. The van der Waals surface area contributed by atoms with Crippen LogP contribution < -0.4 is 10.6 Å². The predicted octanol–water partition coefficient (Wildman–Crippen LogP) is 5.42. The van der Waals surface area contributed by atoms with E-state index < -0.39 is 23.8 Å².